The number of carbonyl (C=O) groups is 4. The molecule has 1 aliphatic heterocycles. The molecule has 0 bridgehead atoms. The van der Waals surface area contributed by atoms with Crippen LogP contribution in [0.4, 0.5) is 5.69 Å². The van der Waals surface area contributed by atoms with Gasteiger partial charge in [-0.2, -0.15) is 0 Å². The van der Waals surface area contributed by atoms with Crippen molar-refractivity contribution in [2.75, 3.05) is 18.6 Å². The van der Waals surface area contributed by atoms with E-state index < -0.39 is 35.4 Å². The first-order chi connectivity index (χ1) is 14.8. The fourth-order valence-corrected chi connectivity index (χ4v) is 3.85. The van der Waals surface area contributed by atoms with Gasteiger partial charge in [-0.05, 0) is 61.4 Å². The smallest absolute Gasteiger partial charge is 0.338 e. The molecule has 1 heterocycles. The SMILES string of the molecule is CCOC(=O)c1ccc(N2C(=O)C(=O)C(C(=O)c3ccc(OC)cc3)C2C(C)C)cc1. The number of anilines is 1. The van der Waals surface area contributed by atoms with E-state index in [4.69, 9.17) is 9.47 Å². The minimum atomic E-state index is -1.11. The number of methoxy groups -OCH3 is 1. The molecule has 0 aromatic heterocycles. The van der Waals surface area contributed by atoms with Gasteiger partial charge in [-0.25, -0.2) is 4.79 Å². The number of hydrogen-bond acceptors (Lipinski definition) is 6. The van der Waals surface area contributed by atoms with Crippen LogP contribution in [0.1, 0.15) is 41.5 Å². The van der Waals surface area contributed by atoms with Crippen molar-refractivity contribution in [3.05, 3.63) is 59.7 Å². The Morgan fingerprint density at radius 2 is 1.55 bits per heavy atom. The van der Waals surface area contributed by atoms with Crippen molar-refractivity contribution in [1.29, 1.82) is 0 Å². The molecule has 2 aromatic rings. The molecular weight excluding hydrogens is 398 g/mol. The summed E-state index contributed by atoms with van der Waals surface area (Å²) in [7, 11) is 1.52. The van der Waals surface area contributed by atoms with Crippen LogP contribution < -0.4 is 9.64 Å². The Labute approximate surface area is 180 Å². The van der Waals surface area contributed by atoms with E-state index in [0.717, 1.165) is 0 Å². The average Bonchev–Trinajstić information content (AvgIpc) is 3.04. The first kappa shape index (κ1) is 22.2. The van der Waals surface area contributed by atoms with Crippen molar-refractivity contribution < 1.29 is 28.7 Å². The first-order valence-electron chi connectivity index (χ1n) is 10.1. The van der Waals surface area contributed by atoms with Crippen molar-refractivity contribution in [2.24, 2.45) is 11.8 Å². The van der Waals surface area contributed by atoms with Gasteiger partial charge in [0, 0.05) is 11.3 Å². The van der Waals surface area contributed by atoms with Gasteiger partial charge in [0.15, 0.2) is 5.78 Å². The Hall–Kier alpha value is -3.48. The molecule has 31 heavy (non-hydrogen) atoms. The van der Waals surface area contributed by atoms with Gasteiger partial charge in [-0.3, -0.25) is 14.4 Å². The van der Waals surface area contributed by atoms with E-state index in [0.29, 0.717) is 22.6 Å². The molecule has 7 nitrogen and oxygen atoms in total. The van der Waals surface area contributed by atoms with Crippen molar-refractivity contribution >= 4 is 29.1 Å². The lowest BCUT2D eigenvalue weighted by molar-refractivity contribution is -0.135. The van der Waals surface area contributed by atoms with E-state index in [9.17, 15) is 19.2 Å². The Kier molecular flexibility index (Phi) is 6.53. The van der Waals surface area contributed by atoms with Gasteiger partial charge in [0.05, 0.1) is 25.3 Å². The number of ketones is 2. The van der Waals surface area contributed by atoms with Crippen molar-refractivity contribution in [1.82, 2.24) is 0 Å². The highest BCUT2D eigenvalue weighted by molar-refractivity contribution is 6.49. The Balaban J connectivity index is 1.95. The van der Waals surface area contributed by atoms with Crippen molar-refractivity contribution in [2.45, 2.75) is 26.8 Å². The molecule has 1 fully saturated rings. The predicted octanol–water partition coefficient (Wildman–Crippen LogP) is 3.31. The van der Waals surface area contributed by atoms with Crippen LogP contribution in [0.5, 0.6) is 5.75 Å². The van der Waals surface area contributed by atoms with Gasteiger partial charge in [-0.1, -0.05) is 13.8 Å². The topological polar surface area (TPSA) is 90.0 Å². The van der Waals surface area contributed by atoms with Crippen LogP contribution in [0.2, 0.25) is 0 Å². The summed E-state index contributed by atoms with van der Waals surface area (Å²) in [5.41, 5.74) is 1.14. The fourth-order valence-electron chi connectivity index (χ4n) is 3.85. The third-order valence-electron chi connectivity index (χ3n) is 5.35. The highest BCUT2D eigenvalue weighted by Gasteiger charge is 2.52. The Bertz CT molecular complexity index is 994. The van der Waals surface area contributed by atoms with Gasteiger partial charge < -0.3 is 14.4 Å². The van der Waals surface area contributed by atoms with Crippen LogP contribution >= 0.6 is 0 Å². The summed E-state index contributed by atoms with van der Waals surface area (Å²) in [6.07, 6.45) is 0. The standard InChI is InChI=1S/C24H25NO6/c1-5-31-24(29)16-6-10-17(11-7-16)25-20(14(2)3)19(22(27)23(25)28)21(26)15-8-12-18(30-4)13-9-15/h6-14,19-20H,5H2,1-4H3. The fraction of sp³-hybridized carbons (Fsp3) is 0.333. The lowest BCUT2D eigenvalue weighted by atomic mass is 9.84. The minimum absolute atomic E-state index is 0.160. The van der Waals surface area contributed by atoms with Crippen LogP contribution in [0.25, 0.3) is 0 Å². The van der Waals surface area contributed by atoms with Crippen molar-refractivity contribution in [3.63, 3.8) is 0 Å². The van der Waals surface area contributed by atoms with Crippen LogP contribution in [-0.4, -0.2) is 43.2 Å². The summed E-state index contributed by atoms with van der Waals surface area (Å²) in [6.45, 7) is 5.70. The van der Waals surface area contributed by atoms with E-state index in [1.165, 1.54) is 12.0 Å². The molecule has 1 aliphatic rings. The van der Waals surface area contributed by atoms with Gasteiger partial charge in [0.2, 0.25) is 5.78 Å². The summed E-state index contributed by atoms with van der Waals surface area (Å²) in [6, 6.07) is 12.1. The number of carbonyl (C=O) groups excluding carboxylic acids is 4. The molecule has 3 rings (SSSR count). The maximum Gasteiger partial charge on any atom is 0.338 e. The third kappa shape index (κ3) is 4.21. The number of benzene rings is 2. The van der Waals surface area contributed by atoms with Gasteiger partial charge in [-0.15, -0.1) is 0 Å². The van der Waals surface area contributed by atoms with Crippen molar-refractivity contribution in [3.8, 4) is 5.75 Å². The number of esters is 1. The molecular formula is C24H25NO6. The second kappa shape index (κ2) is 9.12. The second-order valence-electron chi connectivity index (χ2n) is 7.61. The summed E-state index contributed by atoms with van der Waals surface area (Å²) in [4.78, 5) is 52.3. The molecule has 2 unspecified atom stereocenters. The summed E-state index contributed by atoms with van der Waals surface area (Å²) in [5, 5.41) is 0. The normalized spacial score (nSPS) is 18.4. The lowest BCUT2D eigenvalue weighted by Gasteiger charge is -2.30. The monoisotopic (exact) mass is 423 g/mol. The third-order valence-corrected chi connectivity index (χ3v) is 5.35. The highest BCUT2D eigenvalue weighted by Crippen LogP contribution is 2.35. The predicted molar refractivity (Wildman–Crippen MR) is 114 cm³/mol. The summed E-state index contributed by atoms with van der Waals surface area (Å²) in [5.74, 6) is -2.99. The minimum Gasteiger partial charge on any atom is -0.497 e. The molecule has 0 spiro atoms. The van der Waals surface area contributed by atoms with Crippen LogP contribution in [0.3, 0.4) is 0 Å². The number of ether oxygens (including phenoxy) is 2. The van der Waals surface area contributed by atoms with Gasteiger partial charge in [0.1, 0.15) is 11.7 Å². The van der Waals surface area contributed by atoms with E-state index in [1.54, 1.807) is 55.5 Å². The molecule has 162 valence electrons. The van der Waals surface area contributed by atoms with E-state index in [1.807, 2.05) is 13.8 Å². The Morgan fingerprint density at radius 1 is 0.968 bits per heavy atom. The van der Waals surface area contributed by atoms with E-state index in [2.05, 4.69) is 0 Å². The maximum atomic E-state index is 13.2. The van der Waals surface area contributed by atoms with Crippen LogP contribution in [-0.2, 0) is 14.3 Å². The molecule has 2 atom stereocenters. The average molecular weight is 423 g/mol. The number of rotatable bonds is 7. The maximum absolute atomic E-state index is 13.2. The van der Waals surface area contributed by atoms with E-state index in [-0.39, 0.29) is 12.5 Å². The zero-order valence-electron chi connectivity index (χ0n) is 18.0. The second-order valence-corrected chi connectivity index (χ2v) is 7.61. The van der Waals surface area contributed by atoms with Crippen LogP contribution in [0.15, 0.2) is 48.5 Å². The molecule has 7 heteroatoms. The summed E-state index contributed by atoms with van der Waals surface area (Å²) >= 11 is 0. The number of Topliss-reactive ketones (excluding diaryl/α,β-unsaturated/α-hetero) is 2. The number of hydrogen-bond donors (Lipinski definition) is 0. The molecule has 0 saturated carbocycles. The molecule has 1 saturated heterocycles. The Morgan fingerprint density at radius 3 is 2.06 bits per heavy atom. The number of amides is 1. The largest absolute Gasteiger partial charge is 0.497 e. The molecule has 1 amide bonds. The quantitative estimate of drug-likeness (QED) is 0.294. The summed E-state index contributed by atoms with van der Waals surface area (Å²) < 4.78 is 10.1. The first-order valence-corrected chi connectivity index (χ1v) is 10.1. The molecule has 0 aliphatic carbocycles. The number of nitrogens with zero attached hydrogens (tertiary/aromatic N) is 1. The van der Waals surface area contributed by atoms with E-state index >= 15 is 0 Å². The zero-order chi connectivity index (χ0) is 22.7. The van der Waals surface area contributed by atoms with Gasteiger partial charge >= 0.3 is 5.97 Å². The zero-order valence-corrected chi connectivity index (χ0v) is 18.0. The lowest BCUT2D eigenvalue weighted by Crippen LogP contribution is -2.41. The molecule has 2 aromatic carbocycles. The van der Waals surface area contributed by atoms with Gasteiger partial charge in [0.25, 0.3) is 5.91 Å². The highest BCUT2D eigenvalue weighted by atomic mass is 16.5. The molecule has 0 N–H and O–H groups in total. The van der Waals surface area contributed by atoms with Crippen LogP contribution in [0, 0.1) is 11.8 Å². The molecule has 0 radical (unpaired) electrons.